The van der Waals surface area contributed by atoms with Crippen LogP contribution >= 0.6 is 0 Å². The fraction of sp³-hybridized carbons (Fsp3) is 0.417. The lowest BCUT2D eigenvalue weighted by Gasteiger charge is -2.15. The van der Waals surface area contributed by atoms with Crippen molar-refractivity contribution >= 4 is 0 Å². The highest BCUT2D eigenvalue weighted by Crippen LogP contribution is 2.20. The summed E-state index contributed by atoms with van der Waals surface area (Å²) in [5.41, 5.74) is 6.50. The van der Waals surface area contributed by atoms with Gasteiger partial charge in [-0.1, -0.05) is 5.16 Å². The molecule has 0 saturated heterocycles. The highest BCUT2D eigenvalue weighted by atomic mass is 16.5. The van der Waals surface area contributed by atoms with E-state index in [-0.39, 0.29) is 5.41 Å². The van der Waals surface area contributed by atoms with Gasteiger partial charge in [-0.05, 0) is 31.5 Å². The van der Waals surface area contributed by atoms with Gasteiger partial charge in [-0.25, -0.2) is 0 Å². The first-order chi connectivity index (χ1) is 8.12. The van der Waals surface area contributed by atoms with Gasteiger partial charge in [0.2, 0.25) is 5.89 Å². The van der Waals surface area contributed by atoms with Crippen molar-refractivity contribution < 1.29 is 4.52 Å². The fourth-order valence-electron chi connectivity index (χ4n) is 1.37. The Bertz CT molecular complexity index is 478. The third kappa shape index (κ3) is 2.68. The first-order valence-corrected chi connectivity index (χ1v) is 5.54. The summed E-state index contributed by atoms with van der Waals surface area (Å²) in [6.45, 7) is 4.44. The van der Waals surface area contributed by atoms with E-state index in [1.54, 1.807) is 12.4 Å². The Morgan fingerprint density at radius 3 is 2.65 bits per heavy atom. The second-order valence-corrected chi connectivity index (χ2v) is 4.64. The molecule has 0 bridgehead atoms. The van der Waals surface area contributed by atoms with Crippen LogP contribution in [0.25, 0.3) is 0 Å². The largest absolute Gasteiger partial charge is 0.339 e. The maximum Gasteiger partial charge on any atom is 0.233 e. The van der Waals surface area contributed by atoms with Crippen LogP contribution in [-0.4, -0.2) is 21.7 Å². The SMILES string of the molecule is CC(C)(CN)c1nc(Cc2ccncc2)no1. The number of nitrogens with zero attached hydrogens (tertiary/aromatic N) is 3. The monoisotopic (exact) mass is 232 g/mol. The predicted molar refractivity (Wildman–Crippen MR) is 63.4 cm³/mol. The van der Waals surface area contributed by atoms with E-state index in [0.29, 0.717) is 24.7 Å². The van der Waals surface area contributed by atoms with Gasteiger partial charge in [0.25, 0.3) is 0 Å². The Balaban J connectivity index is 2.14. The topological polar surface area (TPSA) is 77.8 Å². The van der Waals surface area contributed by atoms with Crippen LogP contribution in [0.4, 0.5) is 0 Å². The maximum atomic E-state index is 5.66. The minimum absolute atomic E-state index is 0.274. The van der Waals surface area contributed by atoms with Crippen molar-refractivity contribution in [2.45, 2.75) is 25.7 Å². The van der Waals surface area contributed by atoms with Crippen LogP contribution in [-0.2, 0) is 11.8 Å². The minimum atomic E-state index is -0.274. The quantitative estimate of drug-likeness (QED) is 0.859. The highest BCUT2D eigenvalue weighted by molar-refractivity contribution is 5.15. The van der Waals surface area contributed by atoms with E-state index in [1.807, 2.05) is 26.0 Å². The van der Waals surface area contributed by atoms with Gasteiger partial charge in [-0.2, -0.15) is 4.98 Å². The number of hydrogen-bond donors (Lipinski definition) is 1. The molecule has 0 atom stereocenters. The van der Waals surface area contributed by atoms with Gasteiger partial charge in [-0.15, -0.1) is 0 Å². The molecule has 0 fully saturated rings. The molecule has 0 aromatic carbocycles. The van der Waals surface area contributed by atoms with Crippen molar-refractivity contribution in [2.24, 2.45) is 5.73 Å². The van der Waals surface area contributed by atoms with Gasteiger partial charge in [-0.3, -0.25) is 4.98 Å². The van der Waals surface area contributed by atoms with Crippen LogP contribution < -0.4 is 5.73 Å². The van der Waals surface area contributed by atoms with Crippen molar-refractivity contribution in [3.05, 3.63) is 41.8 Å². The van der Waals surface area contributed by atoms with Gasteiger partial charge >= 0.3 is 0 Å². The first kappa shape index (κ1) is 11.7. The van der Waals surface area contributed by atoms with Crippen molar-refractivity contribution in [3.63, 3.8) is 0 Å². The third-order valence-corrected chi connectivity index (χ3v) is 2.67. The number of aromatic nitrogens is 3. The molecule has 2 N–H and O–H groups in total. The van der Waals surface area contributed by atoms with Gasteiger partial charge in [0.05, 0.1) is 5.41 Å². The van der Waals surface area contributed by atoms with E-state index in [1.165, 1.54) is 0 Å². The Labute approximate surface area is 100 Å². The molecule has 2 aromatic rings. The molecule has 90 valence electrons. The van der Waals surface area contributed by atoms with E-state index in [4.69, 9.17) is 10.3 Å². The van der Waals surface area contributed by atoms with Crippen molar-refractivity contribution in [1.29, 1.82) is 0 Å². The standard InChI is InChI=1S/C12H16N4O/c1-12(2,8-13)11-15-10(16-17-11)7-9-3-5-14-6-4-9/h3-6H,7-8,13H2,1-2H3. The van der Waals surface area contributed by atoms with Crippen LogP contribution in [0.15, 0.2) is 29.0 Å². The summed E-state index contributed by atoms with van der Waals surface area (Å²) in [6, 6.07) is 3.87. The molecule has 0 spiro atoms. The van der Waals surface area contributed by atoms with E-state index in [9.17, 15) is 0 Å². The molecule has 0 amide bonds. The molecular formula is C12H16N4O. The zero-order valence-corrected chi connectivity index (χ0v) is 10.1. The average Bonchev–Trinajstić information content (AvgIpc) is 2.80. The van der Waals surface area contributed by atoms with Crippen LogP contribution in [0.1, 0.15) is 31.1 Å². The zero-order valence-electron chi connectivity index (χ0n) is 10.1. The predicted octanol–water partition coefficient (Wildman–Crippen LogP) is 1.29. The summed E-state index contributed by atoms with van der Waals surface area (Å²) in [5, 5.41) is 3.96. The summed E-state index contributed by atoms with van der Waals surface area (Å²) in [4.78, 5) is 8.33. The summed E-state index contributed by atoms with van der Waals surface area (Å²) < 4.78 is 5.24. The second-order valence-electron chi connectivity index (χ2n) is 4.64. The summed E-state index contributed by atoms with van der Waals surface area (Å²) in [5.74, 6) is 1.26. The number of hydrogen-bond acceptors (Lipinski definition) is 5. The molecule has 2 aromatic heterocycles. The average molecular weight is 232 g/mol. The minimum Gasteiger partial charge on any atom is -0.339 e. The highest BCUT2D eigenvalue weighted by Gasteiger charge is 2.25. The second kappa shape index (κ2) is 4.63. The molecule has 0 radical (unpaired) electrons. The van der Waals surface area contributed by atoms with Crippen LogP contribution in [0.3, 0.4) is 0 Å². The lowest BCUT2D eigenvalue weighted by Crippen LogP contribution is -2.28. The van der Waals surface area contributed by atoms with E-state index in [2.05, 4.69) is 15.1 Å². The van der Waals surface area contributed by atoms with Crippen molar-refractivity contribution in [1.82, 2.24) is 15.1 Å². The normalized spacial score (nSPS) is 11.7. The summed E-state index contributed by atoms with van der Waals surface area (Å²) >= 11 is 0. The van der Waals surface area contributed by atoms with Gasteiger partial charge in [0, 0.05) is 25.4 Å². The van der Waals surface area contributed by atoms with Gasteiger partial charge < -0.3 is 10.3 Å². The lowest BCUT2D eigenvalue weighted by atomic mass is 9.94. The number of nitrogens with two attached hydrogens (primary N) is 1. The zero-order chi connectivity index (χ0) is 12.3. The van der Waals surface area contributed by atoms with E-state index in [0.717, 1.165) is 5.56 Å². The molecule has 0 aliphatic carbocycles. The molecule has 17 heavy (non-hydrogen) atoms. The van der Waals surface area contributed by atoms with Crippen molar-refractivity contribution in [2.75, 3.05) is 6.54 Å². The molecule has 2 heterocycles. The Kier molecular flexibility index (Phi) is 3.19. The molecule has 5 heteroatoms. The van der Waals surface area contributed by atoms with E-state index >= 15 is 0 Å². The van der Waals surface area contributed by atoms with Crippen LogP contribution in [0.5, 0.6) is 0 Å². The molecule has 0 aliphatic rings. The molecule has 5 nitrogen and oxygen atoms in total. The van der Waals surface area contributed by atoms with Crippen LogP contribution in [0, 0.1) is 0 Å². The van der Waals surface area contributed by atoms with Crippen molar-refractivity contribution in [3.8, 4) is 0 Å². The number of rotatable bonds is 4. The molecule has 2 rings (SSSR count). The third-order valence-electron chi connectivity index (χ3n) is 2.67. The summed E-state index contributed by atoms with van der Waals surface area (Å²) in [7, 11) is 0. The van der Waals surface area contributed by atoms with Crippen LogP contribution in [0.2, 0.25) is 0 Å². The Hall–Kier alpha value is -1.75. The molecule has 0 aliphatic heterocycles. The molecular weight excluding hydrogens is 216 g/mol. The first-order valence-electron chi connectivity index (χ1n) is 5.54. The van der Waals surface area contributed by atoms with E-state index < -0.39 is 0 Å². The Morgan fingerprint density at radius 1 is 1.29 bits per heavy atom. The fourth-order valence-corrected chi connectivity index (χ4v) is 1.37. The maximum absolute atomic E-state index is 5.66. The van der Waals surface area contributed by atoms with Gasteiger partial charge in [0.1, 0.15) is 0 Å². The Morgan fingerprint density at radius 2 is 2.00 bits per heavy atom. The molecule has 0 saturated carbocycles. The smallest absolute Gasteiger partial charge is 0.233 e. The lowest BCUT2D eigenvalue weighted by molar-refractivity contribution is 0.309. The summed E-state index contributed by atoms with van der Waals surface area (Å²) in [6.07, 6.45) is 4.15. The molecule has 0 unspecified atom stereocenters. The van der Waals surface area contributed by atoms with Gasteiger partial charge in [0.15, 0.2) is 5.82 Å². The number of pyridine rings is 1.